The molecular formula is C12H20N3O9P. The van der Waals surface area contributed by atoms with Crippen molar-refractivity contribution in [2.24, 2.45) is 5.73 Å². The fourth-order valence-corrected chi connectivity index (χ4v) is 1.86. The van der Waals surface area contributed by atoms with Crippen LogP contribution in [0.2, 0.25) is 0 Å². The predicted octanol–water partition coefficient (Wildman–Crippen LogP) is -2.40. The quantitative estimate of drug-likeness (QED) is 0.157. The largest absolute Gasteiger partial charge is 0.481 e. The van der Waals surface area contributed by atoms with E-state index in [-0.39, 0.29) is 0 Å². The molecule has 0 aromatic carbocycles. The third kappa shape index (κ3) is 10.2. The van der Waals surface area contributed by atoms with Gasteiger partial charge in [0.15, 0.2) is 0 Å². The first-order valence-corrected chi connectivity index (χ1v) is 8.65. The van der Waals surface area contributed by atoms with Crippen molar-refractivity contribution >= 4 is 31.3 Å². The zero-order chi connectivity index (χ0) is 19.8. The number of hydrogen-bond donors (Lipinski definition) is 7. The molecule has 0 aromatic heterocycles. The van der Waals surface area contributed by atoms with Gasteiger partial charge in [-0.15, -0.1) is 0 Å². The number of rotatable bonds is 10. The molecule has 0 aromatic rings. The van der Waals surface area contributed by atoms with Crippen LogP contribution in [-0.4, -0.2) is 68.0 Å². The minimum Gasteiger partial charge on any atom is -0.481 e. The van der Waals surface area contributed by atoms with E-state index in [0.717, 1.165) is 12.2 Å². The average Bonchev–Trinajstić information content (AvgIpc) is 2.43. The zero-order valence-corrected chi connectivity index (χ0v) is 14.1. The number of aliphatic carboxylic acids is 2. The van der Waals surface area contributed by atoms with E-state index in [4.69, 9.17) is 25.7 Å². The molecule has 0 aliphatic carbocycles. The molecule has 0 bridgehead atoms. The zero-order valence-electron chi connectivity index (χ0n) is 13.2. The first-order chi connectivity index (χ1) is 11.3. The van der Waals surface area contributed by atoms with Crippen molar-refractivity contribution in [2.45, 2.75) is 31.5 Å². The Balaban J connectivity index is 5.12. The van der Waals surface area contributed by atoms with Crippen molar-refractivity contribution in [3.05, 3.63) is 12.2 Å². The van der Waals surface area contributed by atoms with E-state index < -0.39 is 62.1 Å². The summed E-state index contributed by atoms with van der Waals surface area (Å²) in [5, 5.41) is 21.8. The molecule has 0 rings (SSSR count). The van der Waals surface area contributed by atoms with Crippen LogP contribution in [0, 0.1) is 0 Å². The minimum atomic E-state index is -4.40. The highest BCUT2D eigenvalue weighted by molar-refractivity contribution is 7.51. The summed E-state index contributed by atoms with van der Waals surface area (Å²) in [6, 6.07) is -4.28. The van der Waals surface area contributed by atoms with E-state index in [0.29, 0.717) is 0 Å². The molecule has 25 heavy (non-hydrogen) atoms. The second-order valence-electron chi connectivity index (χ2n) is 5.05. The molecule has 0 heterocycles. The number of amides is 2. The number of nitrogens with one attached hydrogen (secondary N) is 2. The van der Waals surface area contributed by atoms with Crippen LogP contribution in [0.15, 0.2) is 12.2 Å². The molecule has 142 valence electrons. The third-order valence-electron chi connectivity index (χ3n) is 2.66. The van der Waals surface area contributed by atoms with Crippen molar-refractivity contribution in [1.29, 1.82) is 0 Å². The Morgan fingerprint density at radius 3 is 2.08 bits per heavy atom. The Bertz CT molecular complexity index is 599. The van der Waals surface area contributed by atoms with E-state index in [1.54, 1.807) is 0 Å². The lowest BCUT2D eigenvalue weighted by Gasteiger charge is -2.20. The van der Waals surface area contributed by atoms with Gasteiger partial charge < -0.3 is 36.4 Å². The number of carbonyl (C=O) groups is 4. The minimum absolute atomic E-state index is 0.743. The summed E-state index contributed by atoms with van der Waals surface area (Å²) in [5.74, 6) is -4.90. The maximum absolute atomic E-state index is 12.0. The van der Waals surface area contributed by atoms with Gasteiger partial charge in [-0.25, -0.2) is 4.79 Å². The highest BCUT2D eigenvalue weighted by Gasteiger charge is 2.28. The molecule has 2 amide bonds. The monoisotopic (exact) mass is 381 g/mol. The van der Waals surface area contributed by atoms with Gasteiger partial charge in [0.25, 0.3) is 0 Å². The number of carbonyl (C=O) groups excluding carboxylic acids is 2. The fourth-order valence-electron chi connectivity index (χ4n) is 1.47. The summed E-state index contributed by atoms with van der Waals surface area (Å²) in [4.78, 5) is 62.8. The number of carboxylic acids is 2. The first-order valence-electron chi connectivity index (χ1n) is 6.85. The highest BCUT2D eigenvalue weighted by atomic mass is 31.2. The van der Waals surface area contributed by atoms with Crippen LogP contribution in [-0.2, 0) is 23.7 Å². The van der Waals surface area contributed by atoms with Crippen LogP contribution in [0.5, 0.6) is 0 Å². The van der Waals surface area contributed by atoms with Crippen molar-refractivity contribution < 1.29 is 43.7 Å². The molecule has 3 atom stereocenters. The second kappa shape index (κ2) is 9.89. The molecular weight excluding hydrogens is 361 g/mol. The van der Waals surface area contributed by atoms with Gasteiger partial charge in [0.1, 0.15) is 12.1 Å². The lowest BCUT2D eigenvalue weighted by Crippen LogP contribution is -2.54. The van der Waals surface area contributed by atoms with Crippen LogP contribution >= 0.6 is 7.60 Å². The Morgan fingerprint density at radius 1 is 1.12 bits per heavy atom. The molecule has 0 unspecified atom stereocenters. The molecule has 0 saturated carbocycles. The molecule has 0 spiro atoms. The van der Waals surface area contributed by atoms with Crippen molar-refractivity contribution in [2.75, 3.05) is 6.16 Å². The number of nitrogens with two attached hydrogens (primary N) is 1. The van der Waals surface area contributed by atoms with Crippen LogP contribution in [0.25, 0.3) is 0 Å². The fraction of sp³-hybridized carbons (Fsp3) is 0.500. The summed E-state index contributed by atoms with van der Waals surface area (Å²) in [7, 11) is -4.40. The lowest BCUT2D eigenvalue weighted by atomic mass is 10.1. The molecule has 12 nitrogen and oxygen atoms in total. The van der Waals surface area contributed by atoms with Crippen molar-refractivity contribution in [1.82, 2.24) is 10.6 Å². The molecule has 0 radical (unpaired) electrons. The summed E-state index contributed by atoms with van der Waals surface area (Å²) < 4.78 is 10.7. The maximum Gasteiger partial charge on any atom is 0.330 e. The number of hydrogen-bond acceptors (Lipinski definition) is 6. The van der Waals surface area contributed by atoms with Gasteiger partial charge in [-0.1, -0.05) is 12.2 Å². The summed E-state index contributed by atoms with van der Waals surface area (Å²) in [5.41, 5.74) is 5.30. The van der Waals surface area contributed by atoms with E-state index in [9.17, 15) is 23.7 Å². The van der Waals surface area contributed by atoms with Crippen LogP contribution in [0.3, 0.4) is 0 Å². The summed E-state index contributed by atoms with van der Waals surface area (Å²) in [6.07, 6.45) is 0.132. The van der Waals surface area contributed by atoms with E-state index in [1.807, 2.05) is 5.32 Å². The van der Waals surface area contributed by atoms with Crippen molar-refractivity contribution in [3.63, 3.8) is 0 Å². The standard InChI is InChI=1S/C12H20N3O9P/c1-6(13)10(18)15-8(5-9(16)17)11(19)14-7(12(20)21)3-2-4-25(22,23)24/h2-3,6-8H,4-5,13H2,1H3,(H,14,19)(H,15,18)(H,16,17)(H,20,21)(H2,22,23,24)/t6-,7+,8-/m0/s1. The van der Waals surface area contributed by atoms with E-state index >= 15 is 0 Å². The Morgan fingerprint density at radius 2 is 1.68 bits per heavy atom. The normalized spacial score (nSPS) is 15.2. The molecule has 13 heteroatoms. The van der Waals surface area contributed by atoms with Crippen LogP contribution in [0.1, 0.15) is 13.3 Å². The van der Waals surface area contributed by atoms with Gasteiger partial charge >= 0.3 is 19.5 Å². The third-order valence-corrected chi connectivity index (χ3v) is 3.35. The van der Waals surface area contributed by atoms with Crippen LogP contribution < -0.4 is 16.4 Å². The summed E-state index contributed by atoms with van der Waals surface area (Å²) in [6.45, 7) is 1.30. The SMILES string of the molecule is C[C@H](N)C(=O)N[C@@H](CC(=O)O)C(=O)N[C@H](C=CCP(=O)(O)O)C(=O)O. The van der Waals surface area contributed by atoms with Crippen LogP contribution in [0.4, 0.5) is 0 Å². The van der Waals surface area contributed by atoms with Gasteiger partial charge in [0.2, 0.25) is 11.8 Å². The first kappa shape index (κ1) is 22.7. The molecule has 0 fully saturated rings. The molecule has 0 aliphatic heterocycles. The van der Waals surface area contributed by atoms with Gasteiger partial charge in [0, 0.05) is 0 Å². The van der Waals surface area contributed by atoms with E-state index in [2.05, 4.69) is 5.32 Å². The highest BCUT2D eigenvalue weighted by Crippen LogP contribution is 2.33. The van der Waals surface area contributed by atoms with Gasteiger partial charge in [0.05, 0.1) is 18.6 Å². The van der Waals surface area contributed by atoms with E-state index in [1.165, 1.54) is 6.92 Å². The number of carboxylic acid groups (broad SMARTS) is 2. The Kier molecular flexibility index (Phi) is 8.99. The van der Waals surface area contributed by atoms with Crippen molar-refractivity contribution in [3.8, 4) is 0 Å². The van der Waals surface area contributed by atoms with Gasteiger partial charge in [-0.2, -0.15) is 0 Å². The van der Waals surface area contributed by atoms with Gasteiger partial charge in [-0.05, 0) is 6.92 Å². The smallest absolute Gasteiger partial charge is 0.330 e. The number of allylic oxidation sites excluding steroid dienone is 1. The molecule has 8 N–H and O–H groups in total. The lowest BCUT2D eigenvalue weighted by molar-refractivity contribution is -0.142. The van der Waals surface area contributed by atoms with Gasteiger partial charge in [-0.3, -0.25) is 18.9 Å². The Labute approximate surface area is 142 Å². The predicted molar refractivity (Wildman–Crippen MR) is 83.5 cm³/mol. The topological polar surface area (TPSA) is 216 Å². The average molecular weight is 381 g/mol. The second-order valence-corrected chi connectivity index (χ2v) is 6.74. The molecule has 0 saturated heterocycles. The Hall–Kier alpha value is -2.27. The summed E-state index contributed by atoms with van der Waals surface area (Å²) >= 11 is 0. The maximum atomic E-state index is 12.0. The molecule has 0 aliphatic rings.